The molecule has 2 aromatic heterocycles. The summed E-state index contributed by atoms with van der Waals surface area (Å²) in [5.74, 6) is -0.658. The predicted octanol–water partition coefficient (Wildman–Crippen LogP) is -0.577. The van der Waals surface area contributed by atoms with E-state index in [1.807, 2.05) is 0 Å². The van der Waals surface area contributed by atoms with Gasteiger partial charge in [-0.2, -0.15) is 0 Å². The van der Waals surface area contributed by atoms with Crippen LogP contribution < -0.4 is 10.4 Å². The van der Waals surface area contributed by atoms with Crippen molar-refractivity contribution >= 4 is 21.9 Å². The fourth-order valence-electron chi connectivity index (χ4n) is 3.10. The van der Waals surface area contributed by atoms with Crippen molar-refractivity contribution in [3.8, 4) is 11.5 Å². The molecular weight excluding hydrogens is 364 g/mol. The van der Waals surface area contributed by atoms with E-state index < -0.39 is 48.7 Å². The topological polar surface area (TPSA) is 163 Å². The van der Waals surface area contributed by atoms with Crippen LogP contribution in [0.5, 0.6) is 11.5 Å². The van der Waals surface area contributed by atoms with Crippen LogP contribution in [0.1, 0.15) is 0 Å². The summed E-state index contributed by atoms with van der Waals surface area (Å²) in [4.78, 5) is 11.6. The van der Waals surface area contributed by atoms with Crippen LogP contribution in [-0.4, -0.2) is 62.8 Å². The average molecular weight is 380 g/mol. The molecule has 10 heteroatoms. The summed E-state index contributed by atoms with van der Waals surface area (Å²) in [7, 11) is 0. The van der Waals surface area contributed by atoms with Gasteiger partial charge in [-0.1, -0.05) is 0 Å². The first-order valence-corrected chi connectivity index (χ1v) is 8.05. The first kappa shape index (κ1) is 17.8. The quantitative estimate of drug-likeness (QED) is 0.372. The maximum Gasteiger partial charge on any atom is 0.336 e. The lowest BCUT2D eigenvalue weighted by atomic mass is 9.99. The molecule has 0 spiro atoms. The minimum absolute atomic E-state index is 0.0172. The third kappa shape index (κ3) is 2.74. The molecule has 1 fully saturated rings. The van der Waals surface area contributed by atoms with Crippen LogP contribution in [0.2, 0.25) is 0 Å². The second-order valence-electron chi connectivity index (χ2n) is 6.15. The Bertz CT molecular complexity index is 1040. The highest BCUT2D eigenvalue weighted by Crippen LogP contribution is 2.44. The number of aliphatic hydroxyl groups is 4. The Morgan fingerprint density at radius 3 is 2.52 bits per heavy atom. The van der Waals surface area contributed by atoms with Gasteiger partial charge in [-0.15, -0.1) is 0 Å². The lowest BCUT2D eigenvalue weighted by Gasteiger charge is -2.39. The van der Waals surface area contributed by atoms with Crippen LogP contribution >= 0.6 is 0 Å². The zero-order chi connectivity index (χ0) is 19.3. The molecule has 0 bridgehead atoms. The molecule has 1 aliphatic rings. The van der Waals surface area contributed by atoms with E-state index in [1.165, 1.54) is 18.4 Å². The minimum Gasteiger partial charge on any atom is -0.502 e. The van der Waals surface area contributed by atoms with Crippen LogP contribution in [-0.2, 0) is 4.74 Å². The van der Waals surface area contributed by atoms with Crippen molar-refractivity contribution in [1.82, 2.24) is 0 Å². The SMILES string of the molecule is O=c1ccc2c(O[C@@H]3O[C@H](CO)[C@@H](O)[C@H](O)[C@H]3O)c(O)c3occc3c2o1. The molecule has 1 aromatic carbocycles. The highest BCUT2D eigenvalue weighted by molar-refractivity contribution is 6.08. The van der Waals surface area contributed by atoms with Crippen LogP contribution in [0.25, 0.3) is 21.9 Å². The Kier molecular flexibility index (Phi) is 4.29. The van der Waals surface area contributed by atoms with Gasteiger partial charge in [-0.3, -0.25) is 0 Å². The highest BCUT2D eigenvalue weighted by Gasteiger charge is 2.45. The number of phenols is 1. The molecule has 0 amide bonds. The largest absolute Gasteiger partial charge is 0.502 e. The van der Waals surface area contributed by atoms with Gasteiger partial charge in [0.05, 0.1) is 23.6 Å². The number of rotatable bonds is 3. The van der Waals surface area contributed by atoms with Crippen molar-refractivity contribution in [2.45, 2.75) is 30.7 Å². The number of aromatic hydroxyl groups is 1. The monoisotopic (exact) mass is 380 g/mol. The second kappa shape index (κ2) is 6.51. The Hall–Kier alpha value is -2.63. The van der Waals surface area contributed by atoms with Crippen molar-refractivity contribution in [2.24, 2.45) is 0 Å². The Morgan fingerprint density at radius 1 is 1.00 bits per heavy atom. The third-order valence-electron chi connectivity index (χ3n) is 4.50. The summed E-state index contributed by atoms with van der Waals surface area (Å²) in [5, 5.41) is 50.2. The summed E-state index contributed by atoms with van der Waals surface area (Å²) in [5.41, 5.74) is -0.561. The third-order valence-corrected chi connectivity index (χ3v) is 4.50. The Morgan fingerprint density at radius 2 is 1.78 bits per heavy atom. The van der Waals surface area contributed by atoms with Gasteiger partial charge in [0, 0.05) is 6.07 Å². The fourth-order valence-corrected chi connectivity index (χ4v) is 3.10. The van der Waals surface area contributed by atoms with Crippen molar-refractivity contribution in [3.05, 3.63) is 34.9 Å². The molecule has 5 N–H and O–H groups in total. The minimum atomic E-state index is -1.68. The zero-order valence-electron chi connectivity index (χ0n) is 13.7. The van der Waals surface area contributed by atoms with Crippen LogP contribution in [0.3, 0.4) is 0 Å². The maximum atomic E-state index is 11.6. The highest BCUT2D eigenvalue weighted by atomic mass is 16.7. The summed E-state index contributed by atoms with van der Waals surface area (Å²) >= 11 is 0. The first-order chi connectivity index (χ1) is 12.9. The molecule has 0 aliphatic carbocycles. The number of fused-ring (bicyclic) bond motifs is 3. The predicted molar refractivity (Wildman–Crippen MR) is 88.3 cm³/mol. The van der Waals surface area contributed by atoms with Crippen LogP contribution in [0, 0.1) is 0 Å². The summed E-state index contributed by atoms with van der Waals surface area (Å²) in [6, 6.07) is 3.97. The number of ether oxygens (including phenoxy) is 2. The number of benzene rings is 1. The first-order valence-electron chi connectivity index (χ1n) is 8.05. The van der Waals surface area contributed by atoms with Gasteiger partial charge < -0.3 is 43.8 Å². The fraction of sp³-hybridized carbons (Fsp3) is 0.353. The van der Waals surface area contributed by atoms with Gasteiger partial charge in [0.25, 0.3) is 0 Å². The molecule has 1 aliphatic heterocycles. The van der Waals surface area contributed by atoms with Crippen molar-refractivity contribution in [2.75, 3.05) is 6.61 Å². The summed E-state index contributed by atoms with van der Waals surface area (Å²) in [6.45, 7) is -0.635. The van der Waals surface area contributed by atoms with E-state index in [9.17, 15) is 30.3 Å². The van der Waals surface area contributed by atoms with Crippen molar-refractivity contribution in [1.29, 1.82) is 0 Å². The number of hydrogen-bond acceptors (Lipinski definition) is 10. The lowest BCUT2D eigenvalue weighted by Crippen LogP contribution is -2.60. The van der Waals surface area contributed by atoms with Crippen molar-refractivity contribution < 1.29 is 43.8 Å². The van der Waals surface area contributed by atoms with Gasteiger partial charge in [-0.25, -0.2) is 4.79 Å². The molecule has 1 saturated heterocycles. The van der Waals surface area contributed by atoms with Gasteiger partial charge in [0.15, 0.2) is 16.9 Å². The smallest absolute Gasteiger partial charge is 0.336 e. The van der Waals surface area contributed by atoms with E-state index in [4.69, 9.17) is 18.3 Å². The van der Waals surface area contributed by atoms with Crippen molar-refractivity contribution in [3.63, 3.8) is 0 Å². The summed E-state index contributed by atoms with van der Waals surface area (Å²) in [6.07, 6.45) is -6.32. The molecule has 4 rings (SSSR count). The maximum absolute atomic E-state index is 11.6. The molecule has 27 heavy (non-hydrogen) atoms. The Balaban J connectivity index is 1.83. The van der Waals surface area contributed by atoms with E-state index in [-0.39, 0.29) is 22.3 Å². The van der Waals surface area contributed by atoms with Gasteiger partial charge in [0.2, 0.25) is 12.0 Å². The number of furan rings is 1. The molecule has 0 unspecified atom stereocenters. The van der Waals surface area contributed by atoms with Crippen LogP contribution in [0.15, 0.2) is 38.1 Å². The van der Waals surface area contributed by atoms with E-state index in [0.717, 1.165) is 6.07 Å². The molecular formula is C17H16O10. The van der Waals surface area contributed by atoms with E-state index in [1.54, 1.807) is 0 Å². The van der Waals surface area contributed by atoms with Gasteiger partial charge in [-0.05, 0) is 12.1 Å². The molecule has 5 atom stereocenters. The molecule has 3 heterocycles. The molecule has 3 aromatic rings. The number of hydrogen-bond donors (Lipinski definition) is 5. The van der Waals surface area contributed by atoms with E-state index in [0.29, 0.717) is 5.39 Å². The average Bonchev–Trinajstić information content (AvgIpc) is 3.15. The molecule has 10 nitrogen and oxygen atoms in total. The molecule has 0 radical (unpaired) electrons. The summed E-state index contributed by atoms with van der Waals surface area (Å²) < 4.78 is 21.2. The van der Waals surface area contributed by atoms with Gasteiger partial charge >= 0.3 is 5.63 Å². The lowest BCUT2D eigenvalue weighted by molar-refractivity contribution is -0.277. The number of aliphatic hydroxyl groups excluding tert-OH is 4. The standard InChI is InChI=1S/C17H16O10/c18-5-8-10(20)11(21)12(22)17(25-8)27-16-6-1-2-9(19)26-14(6)7-3-4-24-15(7)13(16)23/h1-4,8,10-12,17-18,20-23H,5H2/t8-,10-,11+,12-,17+/m1/s1. The number of phenolic OH excluding ortho intramolecular Hbond substituents is 1. The second-order valence-corrected chi connectivity index (χ2v) is 6.15. The van der Waals surface area contributed by atoms with E-state index >= 15 is 0 Å². The zero-order valence-corrected chi connectivity index (χ0v) is 13.7. The van der Waals surface area contributed by atoms with Crippen LogP contribution in [0.4, 0.5) is 0 Å². The van der Waals surface area contributed by atoms with Gasteiger partial charge in [0.1, 0.15) is 24.4 Å². The molecule has 144 valence electrons. The van der Waals surface area contributed by atoms with E-state index in [2.05, 4.69) is 0 Å². The Labute approximate surface area is 150 Å². The molecule has 0 saturated carbocycles. The normalized spacial score (nSPS) is 28.7.